The van der Waals surface area contributed by atoms with Crippen LogP contribution in [0.2, 0.25) is 0 Å². The van der Waals surface area contributed by atoms with E-state index in [4.69, 9.17) is 44.9 Å². The summed E-state index contributed by atoms with van der Waals surface area (Å²) in [6.45, 7) is 2.09. The van der Waals surface area contributed by atoms with Crippen molar-refractivity contribution in [3.63, 3.8) is 0 Å². The summed E-state index contributed by atoms with van der Waals surface area (Å²) in [6, 6.07) is 113. The number of nitrogens with zero attached hydrogens (tertiary/aromatic N) is 12. The molecule has 1 aliphatic carbocycles. The van der Waals surface area contributed by atoms with Crippen LogP contribution in [-0.2, 0) is 12.4 Å². The number of benzene rings is 14. The molecule has 18 heteroatoms. The van der Waals surface area contributed by atoms with Gasteiger partial charge in [0, 0.05) is 88.4 Å². The Labute approximate surface area is 713 Å². The summed E-state index contributed by atoms with van der Waals surface area (Å²) in [6.07, 6.45) is -1.19. The largest absolute Gasteiger partial charge is 0.416 e. The number of aromatic nitrogens is 9. The van der Waals surface area contributed by atoms with Gasteiger partial charge in [-0.1, -0.05) is 285 Å². The molecule has 2 aliphatic rings. The molecule has 0 amide bonds. The van der Waals surface area contributed by atoms with Crippen molar-refractivity contribution in [2.75, 3.05) is 4.90 Å². The van der Waals surface area contributed by atoms with Gasteiger partial charge in [0.1, 0.15) is 11.7 Å². The molecule has 0 unspecified atom stereocenters. The molecular formula is C107H68F6N12. The molecule has 6 heterocycles. The molecule has 0 fully saturated rings. The minimum Gasteiger partial charge on any atom is -0.309 e. The van der Waals surface area contributed by atoms with E-state index in [-0.39, 0.29) is 27.6 Å². The van der Waals surface area contributed by atoms with Crippen molar-refractivity contribution in [3.05, 3.63) is 421 Å². The maximum absolute atomic E-state index is 14.9. The highest BCUT2D eigenvalue weighted by molar-refractivity contribution is 6.23. The molecule has 0 saturated heterocycles. The lowest BCUT2D eigenvalue weighted by Gasteiger charge is -2.32. The number of hydrogen-bond donors (Lipinski definition) is 0. The minimum absolute atomic E-state index is 0.0396. The van der Waals surface area contributed by atoms with E-state index in [1.165, 1.54) is 12.1 Å². The maximum atomic E-state index is 14.9. The van der Waals surface area contributed by atoms with Crippen molar-refractivity contribution >= 4 is 61.0 Å². The number of anilines is 1. The van der Waals surface area contributed by atoms with Crippen LogP contribution < -0.4 is 4.90 Å². The summed E-state index contributed by atoms with van der Waals surface area (Å²) in [5.41, 5.74) is 16.6. The van der Waals surface area contributed by atoms with E-state index in [1.54, 1.807) is 4.57 Å². The zero-order valence-electron chi connectivity index (χ0n) is 66.7. The lowest BCUT2D eigenvalue weighted by atomic mass is 9.97. The lowest BCUT2D eigenvalue weighted by molar-refractivity contribution is -0.138. The molecule has 14 aromatic carbocycles. The quantitative estimate of drug-likeness (QED) is 0.0929. The standard InChI is InChI=1S/C107H68F6N12/c1-66-58-80(51-53-81(66)75-46-52-83-82-44-26-27-45-92(82)125(97(83)61-75)96-55-48-76(90-64-88(67-28-10-2-11-29-67)114-98(116-90)69-32-14-4-15-33-69)59-86(96)102-119-100(71-36-18-6-19-37-71)118-101(120-102)72-38-20-7-21-39-72)123-104(73-40-22-8-23-41-73)121-103(122-105(123)74-42-24-9-25-43-74)87-60-77(91-65-89(68-30-12-3-13-31-68)115-99(117-91)70-34-16-5-17-35-70)47-54-95(87)124-93-56-49-78(106(108,109)110)62-84(93)85-63-79(107(111,112)113)50-57-94(85)124/h2-42,44-65H,43H2,1H3. The van der Waals surface area contributed by atoms with E-state index in [9.17, 15) is 26.3 Å². The number of amidine groups is 2. The number of para-hydroxylation sites is 1. The summed E-state index contributed by atoms with van der Waals surface area (Å²) in [7, 11) is 0. The molecule has 0 N–H and O–H groups in total. The number of halogens is 6. The van der Waals surface area contributed by atoms with Gasteiger partial charge in [-0.25, -0.2) is 44.9 Å². The van der Waals surface area contributed by atoms with Crippen molar-refractivity contribution in [3.8, 4) is 124 Å². The number of hydrogen-bond acceptors (Lipinski definition) is 10. The molecule has 0 radical (unpaired) electrons. The van der Waals surface area contributed by atoms with Crippen molar-refractivity contribution in [1.82, 2.24) is 44.0 Å². The Kier molecular flexibility index (Phi) is 19.2. The van der Waals surface area contributed by atoms with Crippen LogP contribution in [-0.4, -0.2) is 55.7 Å². The van der Waals surface area contributed by atoms with Gasteiger partial charge in [0.05, 0.1) is 67.3 Å². The third kappa shape index (κ3) is 14.5. The Bertz CT molecular complexity index is 7390. The molecule has 12 nitrogen and oxygen atoms in total. The fourth-order valence-electron chi connectivity index (χ4n) is 16.8. The number of fused-ring (bicyclic) bond motifs is 6. The molecule has 125 heavy (non-hydrogen) atoms. The molecule has 0 spiro atoms. The second-order valence-electron chi connectivity index (χ2n) is 30.7. The zero-order chi connectivity index (χ0) is 84.4. The SMILES string of the molecule is Cc1cc(N2C(c3ccccc3)=NC(c3cc(-c4cc(-c5ccccc5)nc(-c5ccccc5)n4)ccc3-n3c4ccc(C(F)(F)F)cc4c4cc(C(F)(F)F)ccc43)=NC2=C2C=CC=CC2)ccc1-c1ccc2c3ccccc3n(-c3ccc(-c4cc(-c5ccccc5)nc(-c5ccccc5)n4)cc3-c3nc(-c4ccccc4)nc(-c4ccccc4)n3)c2c1. The van der Waals surface area contributed by atoms with Crippen LogP contribution in [0.4, 0.5) is 32.0 Å². The number of rotatable bonds is 15. The second kappa shape index (κ2) is 31.4. The highest BCUT2D eigenvalue weighted by Crippen LogP contribution is 2.46. The van der Waals surface area contributed by atoms with Crippen molar-refractivity contribution in [2.24, 2.45) is 9.98 Å². The highest BCUT2D eigenvalue weighted by atomic mass is 19.4. The van der Waals surface area contributed by atoms with Gasteiger partial charge in [-0.15, -0.1) is 0 Å². The Morgan fingerprint density at radius 2 is 0.704 bits per heavy atom. The third-order valence-corrected chi connectivity index (χ3v) is 22.8. The van der Waals surface area contributed by atoms with Crippen molar-refractivity contribution < 1.29 is 26.3 Å². The fourth-order valence-corrected chi connectivity index (χ4v) is 16.8. The molecule has 598 valence electrons. The van der Waals surface area contributed by atoms with E-state index < -0.39 is 23.5 Å². The summed E-state index contributed by atoms with van der Waals surface area (Å²) in [5.74, 6) is 3.64. The minimum atomic E-state index is -4.83. The van der Waals surface area contributed by atoms with Gasteiger partial charge in [0.15, 0.2) is 35.0 Å². The Balaban J connectivity index is 0.746. The van der Waals surface area contributed by atoms with Crippen molar-refractivity contribution in [2.45, 2.75) is 25.7 Å². The first-order chi connectivity index (χ1) is 61.1. The van der Waals surface area contributed by atoms with Crippen LogP contribution in [0, 0.1) is 6.92 Å². The van der Waals surface area contributed by atoms with Gasteiger partial charge >= 0.3 is 12.4 Å². The first kappa shape index (κ1) is 76.2. The van der Waals surface area contributed by atoms with Crippen molar-refractivity contribution in [1.29, 1.82) is 0 Å². The first-order valence-corrected chi connectivity index (χ1v) is 40.8. The normalized spacial score (nSPS) is 13.6. The van der Waals surface area contributed by atoms with Crippen LogP contribution in [0.5, 0.6) is 0 Å². The van der Waals surface area contributed by atoms with E-state index in [0.717, 1.165) is 124 Å². The average molecular weight is 1640 g/mol. The van der Waals surface area contributed by atoms with Crippen LogP contribution in [0.15, 0.2) is 404 Å². The van der Waals surface area contributed by atoms with Gasteiger partial charge in [-0.2, -0.15) is 26.3 Å². The van der Waals surface area contributed by atoms with Gasteiger partial charge < -0.3 is 9.13 Å². The van der Waals surface area contributed by atoms with Gasteiger partial charge in [0.2, 0.25) is 0 Å². The fraction of sp³-hybridized carbons (Fsp3) is 0.0374. The van der Waals surface area contributed by atoms with Crippen LogP contribution in [0.1, 0.15) is 34.2 Å². The van der Waals surface area contributed by atoms with Crippen LogP contribution >= 0.6 is 0 Å². The number of aliphatic imine (C=N–C) groups is 2. The topological polar surface area (TPSA) is 128 Å². The zero-order valence-corrected chi connectivity index (χ0v) is 66.7. The summed E-state index contributed by atoms with van der Waals surface area (Å²) < 4.78 is 93.5. The second-order valence-corrected chi connectivity index (χ2v) is 30.7. The molecule has 0 atom stereocenters. The van der Waals surface area contributed by atoms with Crippen LogP contribution in [0.3, 0.4) is 0 Å². The number of allylic oxidation sites excluding steroid dienone is 5. The molecule has 19 aromatic rings. The van der Waals surface area contributed by atoms with E-state index >= 15 is 0 Å². The summed E-state index contributed by atoms with van der Waals surface area (Å²) >= 11 is 0. The smallest absolute Gasteiger partial charge is 0.309 e. The molecule has 0 bridgehead atoms. The predicted molar refractivity (Wildman–Crippen MR) is 487 cm³/mol. The number of alkyl halides is 6. The van der Waals surface area contributed by atoms with Crippen LogP contribution in [0.25, 0.3) is 168 Å². The Hall–Kier alpha value is -16.2. The monoisotopic (exact) mass is 1630 g/mol. The lowest BCUT2D eigenvalue weighted by Crippen LogP contribution is -2.36. The predicted octanol–water partition coefficient (Wildman–Crippen LogP) is 27.1. The van der Waals surface area contributed by atoms with E-state index in [0.29, 0.717) is 92.2 Å². The summed E-state index contributed by atoms with van der Waals surface area (Å²) in [5, 5.41) is 1.96. The molecule has 5 aromatic heterocycles. The number of aryl methyl sites for hydroxylation is 1. The Morgan fingerprint density at radius 1 is 0.288 bits per heavy atom. The van der Waals surface area contributed by atoms with E-state index in [1.807, 2.05) is 249 Å². The Morgan fingerprint density at radius 3 is 1.19 bits per heavy atom. The highest BCUT2D eigenvalue weighted by Gasteiger charge is 2.36. The first-order valence-electron chi connectivity index (χ1n) is 40.8. The van der Waals surface area contributed by atoms with Gasteiger partial charge in [0.25, 0.3) is 0 Å². The maximum Gasteiger partial charge on any atom is 0.416 e. The third-order valence-electron chi connectivity index (χ3n) is 22.8. The molecule has 0 saturated carbocycles. The van der Waals surface area contributed by atoms with E-state index in [2.05, 4.69) is 113 Å². The molecule has 21 rings (SSSR count). The molecular weight excluding hydrogens is 1570 g/mol. The van der Waals surface area contributed by atoms with Gasteiger partial charge in [-0.05, 0) is 133 Å². The molecule has 1 aliphatic heterocycles. The van der Waals surface area contributed by atoms with Gasteiger partial charge in [-0.3, -0.25) is 4.90 Å². The summed E-state index contributed by atoms with van der Waals surface area (Å²) in [4.78, 5) is 50.3. The average Bonchev–Trinajstić information content (AvgIpc) is 1.60.